The molecule has 0 radical (unpaired) electrons. The van der Waals surface area contributed by atoms with Crippen molar-refractivity contribution in [2.75, 3.05) is 7.11 Å². The highest BCUT2D eigenvalue weighted by molar-refractivity contribution is 7.18. The lowest BCUT2D eigenvalue weighted by molar-refractivity contribution is 0.101. The molecule has 134 valence electrons. The number of ketones is 1. The fraction of sp³-hybridized carbons (Fsp3) is 0.350. The lowest BCUT2D eigenvalue weighted by atomic mass is 9.89. The van der Waals surface area contributed by atoms with Crippen molar-refractivity contribution in [2.45, 2.75) is 33.1 Å². The van der Waals surface area contributed by atoms with Gasteiger partial charge in [0.25, 0.3) is 0 Å². The zero-order valence-electron chi connectivity index (χ0n) is 15.0. The first-order chi connectivity index (χ1) is 12.6. The number of Topliss-reactive ketones (excluding diaryl/α,β-unsaturated/α-hetero) is 1. The van der Waals surface area contributed by atoms with E-state index >= 15 is 0 Å². The molecule has 2 aromatic heterocycles. The minimum atomic E-state index is -0.0136. The third-order valence-electron chi connectivity index (χ3n) is 4.83. The van der Waals surface area contributed by atoms with Gasteiger partial charge in [-0.15, -0.1) is 11.3 Å². The van der Waals surface area contributed by atoms with Gasteiger partial charge in [0.15, 0.2) is 17.3 Å². The van der Waals surface area contributed by atoms with Crippen molar-refractivity contribution in [1.82, 2.24) is 9.97 Å². The van der Waals surface area contributed by atoms with Gasteiger partial charge >= 0.3 is 0 Å². The molecule has 6 heteroatoms. The van der Waals surface area contributed by atoms with Crippen LogP contribution in [0.15, 0.2) is 24.5 Å². The van der Waals surface area contributed by atoms with E-state index in [1.807, 2.05) is 0 Å². The Bertz CT molecular complexity index is 996. The first-order valence-electron chi connectivity index (χ1n) is 8.69. The van der Waals surface area contributed by atoms with Gasteiger partial charge in [0.1, 0.15) is 11.2 Å². The lowest BCUT2D eigenvalue weighted by Gasteiger charge is -2.18. The standard InChI is InChI=1S/C20H20N2O3S/c1-11-4-6-14-17(8-11)26-20-18(14)19(21-10-22-20)25-15-7-5-13(12(2)23)9-16(15)24-3/h5,7,9-11H,4,6,8H2,1-3H3/t11-/m0/s1. The molecule has 5 nitrogen and oxygen atoms in total. The van der Waals surface area contributed by atoms with Crippen LogP contribution in [0.5, 0.6) is 17.4 Å². The molecular formula is C20H20N2O3S. The summed E-state index contributed by atoms with van der Waals surface area (Å²) in [7, 11) is 1.57. The number of hydrogen-bond donors (Lipinski definition) is 0. The molecular weight excluding hydrogens is 348 g/mol. The summed E-state index contributed by atoms with van der Waals surface area (Å²) in [5.74, 6) is 2.30. The number of benzene rings is 1. The highest BCUT2D eigenvalue weighted by Crippen LogP contribution is 2.42. The smallest absolute Gasteiger partial charge is 0.231 e. The number of hydrogen-bond acceptors (Lipinski definition) is 6. The minimum absolute atomic E-state index is 0.0136. The van der Waals surface area contributed by atoms with Crippen molar-refractivity contribution in [2.24, 2.45) is 5.92 Å². The third kappa shape index (κ3) is 2.94. The summed E-state index contributed by atoms with van der Waals surface area (Å²) in [5, 5.41) is 1.01. The molecule has 1 atom stereocenters. The number of nitrogens with zero attached hydrogens (tertiary/aromatic N) is 2. The Balaban J connectivity index is 1.77. The van der Waals surface area contributed by atoms with Crippen molar-refractivity contribution in [1.29, 1.82) is 0 Å². The van der Waals surface area contributed by atoms with Gasteiger partial charge in [0.2, 0.25) is 5.88 Å². The number of carbonyl (C=O) groups is 1. The summed E-state index contributed by atoms with van der Waals surface area (Å²) in [4.78, 5) is 22.8. The zero-order valence-corrected chi connectivity index (χ0v) is 15.9. The normalized spacial score (nSPS) is 16.3. The Kier molecular flexibility index (Phi) is 4.36. The second-order valence-corrected chi connectivity index (χ2v) is 7.82. The predicted octanol–water partition coefficient (Wildman–Crippen LogP) is 4.82. The molecule has 0 saturated carbocycles. The van der Waals surface area contributed by atoms with Crippen molar-refractivity contribution >= 4 is 27.3 Å². The predicted molar refractivity (Wildman–Crippen MR) is 102 cm³/mol. The molecule has 0 bridgehead atoms. The van der Waals surface area contributed by atoms with Crippen molar-refractivity contribution in [3.63, 3.8) is 0 Å². The van der Waals surface area contributed by atoms with Crippen LogP contribution in [0.4, 0.5) is 0 Å². The summed E-state index contributed by atoms with van der Waals surface area (Å²) >= 11 is 1.74. The summed E-state index contributed by atoms with van der Waals surface area (Å²) < 4.78 is 11.5. The quantitative estimate of drug-likeness (QED) is 0.618. The maximum absolute atomic E-state index is 11.6. The number of aryl methyl sites for hydroxylation is 1. The number of methoxy groups -OCH3 is 1. The molecule has 0 spiro atoms. The van der Waals surface area contributed by atoms with Gasteiger partial charge in [0.05, 0.1) is 12.5 Å². The topological polar surface area (TPSA) is 61.3 Å². The van der Waals surface area contributed by atoms with E-state index < -0.39 is 0 Å². The number of thiophene rings is 1. The Labute approximate surface area is 156 Å². The lowest BCUT2D eigenvalue weighted by Crippen LogP contribution is -2.08. The van der Waals surface area contributed by atoms with Gasteiger partial charge in [-0.3, -0.25) is 4.79 Å². The Morgan fingerprint density at radius 3 is 2.88 bits per heavy atom. The van der Waals surface area contributed by atoms with Gasteiger partial charge in [0, 0.05) is 10.4 Å². The highest BCUT2D eigenvalue weighted by atomic mass is 32.1. The van der Waals surface area contributed by atoms with E-state index in [2.05, 4.69) is 16.9 Å². The molecule has 26 heavy (non-hydrogen) atoms. The number of aromatic nitrogens is 2. The van der Waals surface area contributed by atoms with Crippen LogP contribution in [0, 0.1) is 5.92 Å². The third-order valence-corrected chi connectivity index (χ3v) is 6.00. The van der Waals surface area contributed by atoms with E-state index in [0.29, 0.717) is 28.9 Å². The molecule has 1 aliphatic carbocycles. The zero-order chi connectivity index (χ0) is 18.3. The molecule has 0 unspecified atom stereocenters. The fourth-order valence-electron chi connectivity index (χ4n) is 3.40. The van der Waals surface area contributed by atoms with Gasteiger partial charge in [-0.1, -0.05) is 6.92 Å². The van der Waals surface area contributed by atoms with Gasteiger partial charge in [-0.25, -0.2) is 9.97 Å². The average molecular weight is 368 g/mol. The first kappa shape index (κ1) is 17.0. The van der Waals surface area contributed by atoms with Crippen LogP contribution < -0.4 is 9.47 Å². The van der Waals surface area contributed by atoms with E-state index in [1.165, 1.54) is 23.8 Å². The van der Waals surface area contributed by atoms with Crippen LogP contribution in [0.1, 0.15) is 41.1 Å². The van der Waals surface area contributed by atoms with Crippen LogP contribution >= 0.6 is 11.3 Å². The number of fused-ring (bicyclic) bond motifs is 3. The average Bonchev–Trinajstić information content (AvgIpc) is 3.00. The van der Waals surface area contributed by atoms with Crippen LogP contribution in [-0.2, 0) is 12.8 Å². The van der Waals surface area contributed by atoms with Gasteiger partial charge < -0.3 is 9.47 Å². The highest BCUT2D eigenvalue weighted by Gasteiger charge is 2.24. The maximum Gasteiger partial charge on any atom is 0.231 e. The second-order valence-electron chi connectivity index (χ2n) is 6.73. The van der Waals surface area contributed by atoms with Crippen LogP contribution in [0.25, 0.3) is 10.2 Å². The van der Waals surface area contributed by atoms with Crippen molar-refractivity contribution < 1.29 is 14.3 Å². The molecule has 1 aliphatic rings. The largest absolute Gasteiger partial charge is 0.493 e. The number of ether oxygens (including phenoxy) is 2. The molecule has 0 amide bonds. The Morgan fingerprint density at radius 2 is 2.12 bits per heavy atom. The molecule has 1 aromatic carbocycles. The number of rotatable bonds is 4. The van der Waals surface area contributed by atoms with E-state index in [9.17, 15) is 4.79 Å². The van der Waals surface area contributed by atoms with Crippen LogP contribution in [-0.4, -0.2) is 22.9 Å². The van der Waals surface area contributed by atoms with E-state index in [0.717, 1.165) is 23.1 Å². The first-order valence-corrected chi connectivity index (χ1v) is 9.50. The maximum atomic E-state index is 11.6. The fourth-order valence-corrected chi connectivity index (χ4v) is 4.74. The minimum Gasteiger partial charge on any atom is -0.493 e. The van der Waals surface area contributed by atoms with E-state index in [1.54, 1.807) is 43.0 Å². The molecule has 4 rings (SSSR count). The Morgan fingerprint density at radius 1 is 1.27 bits per heavy atom. The summed E-state index contributed by atoms with van der Waals surface area (Å²) in [6.45, 7) is 3.82. The van der Waals surface area contributed by atoms with Crippen LogP contribution in [0.2, 0.25) is 0 Å². The summed E-state index contributed by atoms with van der Waals surface area (Å²) in [5.41, 5.74) is 1.90. The molecule has 0 aliphatic heterocycles. The number of carbonyl (C=O) groups excluding carboxylic acids is 1. The van der Waals surface area contributed by atoms with E-state index in [4.69, 9.17) is 9.47 Å². The van der Waals surface area contributed by atoms with E-state index in [-0.39, 0.29) is 5.78 Å². The molecule has 2 heterocycles. The molecule has 0 fully saturated rings. The van der Waals surface area contributed by atoms with Crippen molar-refractivity contribution in [3.8, 4) is 17.4 Å². The summed E-state index contributed by atoms with van der Waals surface area (Å²) in [6, 6.07) is 5.19. The molecule has 3 aromatic rings. The molecule has 0 N–H and O–H groups in total. The van der Waals surface area contributed by atoms with Crippen LogP contribution in [0.3, 0.4) is 0 Å². The van der Waals surface area contributed by atoms with Gasteiger partial charge in [-0.05, 0) is 55.9 Å². The van der Waals surface area contributed by atoms with Gasteiger partial charge in [-0.2, -0.15) is 0 Å². The monoisotopic (exact) mass is 368 g/mol. The van der Waals surface area contributed by atoms with Crippen molar-refractivity contribution in [3.05, 3.63) is 40.5 Å². The molecule has 0 saturated heterocycles. The second kappa shape index (κ2) is 6.68. The summed E-state index contributed by atoms with van der Waals surface area (Å²) in [6.07, 6.45) is 4.83. The Hall–Kier alpha value is -2.47. The SMILES string of the molecule is COc1cc(C(C)=O)ccc1Oc1ncnc2sc3c(c12)CC[C@H](C)C3.